The van der Waals surface area contributed by atoms with Gasteiger partial charge in [0, 0.05) is 64.9 Å². The van der Waals surface area contributed by atoms with Gasteiger partial charge in [-0.3, -0.25) is 4.98 Å². The summed E-state index contributed by atoms with van der Waals surface area (Å²) in [7, 11) is 0. The number of anilines is 1. The SMILES string of the molecule is Cc1ncc(-c2cnc(OCCc3c(F)cccc3Cl)c(F)c2)c(N2CCC(C)(C)CC2)c1[C@H](OC(C)(C)C)C(=O)O. The molecule has 7 nitrogen and oxygen atoms in total. The standard InChI is InChI=1S/C32H38ClF2N3O4/c1-19-26(28(30(39)40)42-31(2,3)4)27(38-13-11-32(5,6)12-14-38)22(18-36-19)20-16-25(35)29(37-17-20)41-15-10-21-23(33)8-7-9-24(21)34/h7-9,16-18,28H,10-15H2,1-6H3,(H,39,40)/t28-/m0/s1. The van der Waals surface area contributed by atoms with Crippen LogP contribution in [0.15, 0.2) is 36.7 Å². The molecule has 1 N–H and O–H groups in total. The number of rotatable bonds is 9. The number of carboxylic acids is 1. The number of hydrogen-bond acceptors (Lipinski definition) is 6. The van der Waals surface area contributed by atoms with Gasteiger partial charge < -0.3 is 19.5 Å². The van der Waals surface area contributed by atoms with Gasteiger partial charge in [0.05, 0.1) is 17.9 Å². The maximum Gasteiger partial charge on any atom is 0.337 e. The fraction of sp³-hybridized carbons (Fsp3) is 0.469. The van der Waals surface area contributed by atoms with Crippen LogP contribution in [0.2, 0.25) is 5.02 Å². The number of carboxylic acid groups (broad SMARTS) is 1. The van der Waals surface area contributed by atoms with Crippen molar-refractivity contribution >= 4 is 23.3 Å². The van der Waals surface area contributed by atoms with Crippen molar-refractivity contribution in [3.63, 3.8) is 0 Å². The molecule has 10 heteroatoms. The summed E-state index contributed by atoms with van der Waals surface area (Å²) in [5.41, 5.74) is 2.28. The van der Waals surface area contributed by atoms with Crippen LogP contribution in [0, 0.1) is 24.0 Å². The molecule has 1 aliphatic rings. The summed E-state index contributed by atoms with van der Waals surface area (Å²) in [6.45, 7) is 12.9. The second-order valence-corrected chi connectivity index (χ2v) is 12.8. The van der Waals surface area contributed by atoms with E-state index in [1.54, 1.807) is 40.0 Å². The molecule has 1 aliphatic heterocycles. The number of nitrogens with zero attached hydrogens (tertiary/aromatic N) is 3. The smallest absolute Gasteiger partial charge is 0.337 e. The number of benzene rings is 1. The van der Waals surface area contributed by atoms with Crippen molar-refractivity contribution in [2.75, 3.05) is 24.6 Å². The lowest BCUT2D eigenvalue weighted by molar-refractivity contribution is -0.160. The summed E-state index contributed by atoms with van der Waals surface area (Å²) in [5, 5.41) is 10.5. The predicted octanol–water partition coefficient (Wildman–Crippen LogP) is 7.57. The molecular formula is C32H38ClF2N3O4. The van der Waals surface area contributed by atoms with Gasteiger partial charge in [0.25, 0.3) is 0 Å². The fourth-order valence-corrected chi connectivity index (χ4v) is 5.35. The first-order valence-corrected chi connectivity index (χ1v) is 14.4. The minimum Gasteiger partial charge on any atom is -0.479 e. The Labute approximate surface area is 250 Å². The Bertz CT molecular complexity index is 1430. The molecule has 2 aromatic heterocycles. The zero-order valence-electron chi connectivity index (χ0n) is 24.9. The van der Waals surface area contributed by atoms with Crippen molar-refractivity contribution in [3.05, 3.63) is 70.1 Å². The van der Waals surface area contributed by atoms with Gasteiger partial charge in [0.15, 0.2) is 11.9 Å². The minimum absolute atomic E-state index is 0.0284. The largest absolute Gasteiger partial charge is 0.479 e. The second-order valence-electron chi connectivity index (χ2n) is 12.4. The van der Waals surface area contributed by atoms with Crippen molar-refractivity contribution in [2.45, 2.75) is 72.5 Å². The van der Waals surface area contributed by atoms with Crippen LogP contribution >= 0.6 is 11.6 Å². The number of aryl methyl sites for hydroxylation is 1. The van der Waals surface area contributed by atoms with Crippen LogP contribution in [0.4, 0.5) is 14.5 Å². The molecule has 42 heavy (non-hydrogen) atoms. The zero-order valence-corrected chi connectivity index (χ0v) is 25.7. The molecule has 3 heterocycles. The molecule has 1 aromatic carbocycles. The molecule has 0 bridgehead atoms. The summed E-state index contributed by atoms with van der Waals surface area (Å²) >= 11 is 6.09. The topological polar surface area (TPSA) is 84.8 Å². The molecule has 0 amide bonds. The molecule has 226 valence electrons. The van der Waals surface area contributed by atoms with Gasteiger partial charge in [0.1, 0.15) is 5.82 Å². The Kier molecular flexibility index (Phi) is 9.42. The van der Waals surface area contributed by atoms with Gasteiger partial charge >= 0.3 is 5.97 Å². The molecule has 0 radical (unpaired) electrons. The molecule has 1 saturated heterocycles. The van der Waals surface area contributed by atoms with Crippen molar-refractivity contribution in [1.29, 1.82) is 0 Å². The minimum atomic E-state index is -1.28. The van der Waals surface area contributed by atoms with Crippen LogP contribution in [0.3, 0.4) is 0 Å². The van der Waals surface area contributed by atoms with Gasteiger partial charge in [0.2, 0.25) is 5.88 Å². The predicted molar refractivity (Wildman–Crippen MR) is 159 cm³/mol. The van der Waals surface area contributed by atoms with Crippen molar-refractivity contribution in [3.8, 4) is 17.0 Å². The van der Waals surface area contributed by atoms with E-state index in [0.717, 1.165) is 12.8 Å². The number of halogens is 3. The number of piperidine rings is 1. The first-order chi connectivity index (χ1) is 19.7. The Balaban J connectivity index is 1.72. The summed E-state index contributed by atoms with van der Waals surface area (Å²) < 4.78 is 41.0. The molecule has 0 unspecified atom stereocenters. The van der Waals surface area contributed by atoms with Crippen LogP contribution in [0.5, 0.6) is 5.88 Å². The quantitative estimate of drug-likeness (QED) is 0.271. The molecule has 4 rings (SSSR count). The summed E-state index contributed by atoms with van der Waals surface area (Å²) in [4.78, 5) is 23.5. The van der Waals surface area contributed by atoms with E-state index >= 15 is 4.39 Å². The van der Waals surface area contributed by atoms with E-state index in [0.29, 0.717) is 41.2 Å². The summed E-state index contributed by atoms with van der Waals surface area (Å²) in [6.07, 6.45) is 3.75. The van der Waals surface area contributed by atoms with Crippen LogP contribution in [-0.4, -0.2) is 46.3 Å². The maximum atomic E-state index is 15.3. The molecule has 1 atom stereocenters. The second kappa shape index (κ2) is 12.5. The van der Waals surface area contributed by atoms with E-state index in [-0.39, 0.29) is 34.9 Å². The Morgan fingerprint density at radius 2 is 1.83 bits per heavy atom. The van der Waals surface area contributed by atoms with Gasteiger partial charge in [-0.1, -0.05) is 31.5 Å². The van der Waals surface area contributed by atoms with Crippen LogP contribution < -0.4 is 9.64 Å². The average Bonchev–Trinajstić information content (AvgIpc) is 2.89. The number of pyridine rings is 2. The highest BCUT2D eigenvalue weighted by Gasteiger charge is 2.36. The van der Waals surface area contributed by atoms with Crippen molar-refractivity contribution < 1.29 is 28.2 Å². The number of carbonyl (C=O) groups is 1. The van der Waals surface area contributed by atoms with E-state index in [1.807, 2.05) is 0 Å². The highest BCUT2D eigenvalue weighted by atomic mass is 35.5. The van der Waals surface area contributed by atoms with Crippen LogP contribution in [0.25, 0.3) is 11.1 Å². The molecule has 1 fully saturated rings. The maximum absolute atomic E-state index is 15.3. The third-order valence-electron chi connectivity index (χ3n) is 7.45. The van der Waals surface area contributed by atoms with Crippen molar-refractivity contribution in [1.82, 2.24) is 9.97 Å². The van der Waals surface area contributed by atoms with Crippen molar-refractivity contribution in [2.24, 2.45) is 5.41 Å². The fourth-order valence-electron chi connectivity index (χ4n) is 5.10. The molecular weight excluding hydrogens is 564 g/mol. The number of aromatic nitrogens is 2. The van der Waals surface area contributed by atoms with Gasteiger partial charge in [-0.2, -0.15) is 0 Å². The normalized spacial score (nSPS) is 15.9. The van der Waals surface area contributed by atoms with Gasteiger partial charge in [-0.15, -0.1) is 0 Å². The number of aliphatic carboxylic acids is 1. The number of ether oxygens (including phenoxy) is 2. The molecule has 0 saturated carbocycles. The summed E-state index contributed by atoms with van der Waals surface area (Å²) in [5.74, 6) is -2.53. The molecule has 3 aromatic rings. The third-order valence-corrected chi connectivity index (χ3v) is 7.80. The molecule has 0 spiro atoms. The van der Waals surface area contributed by atoms with E-state index in [4.69, 9.17) is 21.1 Å². The van der Waals surface area contributed by atoms with E-state index in [2.05, 4.69) is 28.7 Å². The highest BCUT2D eigenvalue weighted by Crippen LogP contribution is 2.43. The highest BCUT2D eigenvalue weighted by molar-refractivity contribution is 6.31. The van der Waals surface area contributed by atoms with E-state index < -0.39 is 29.3 Å². The Hall–Kier alpha value is -3.30. The number of hydrogen-bond donors (Lipinski definition) is 1. The lowest BCUT2D eigenvalue weighted by atomic mass is 9.82. The van der Waals surface area contributed by atoms with Gasteiger partial charge in [-0.25, -0.2) is 18.6 Å². The Morgan fingerprint density at radius 1 is 1.14 bits per heavy atom. The average molecular weight is 602 g/mol. The lowest BCUT2D eigenvalue weighted by Crippen LogP contribution is -2.39. The Morgan fingerprint density at radius 3 is 2.43 bits per heavy atom. The lowest BCUT2D eigenvalue weighted by Gasteiger charge is -2.40. The van der Waals surface area contributed by atoms with Gasteiger partial charge in [-0.05, 0) is 64.2 Å². The van der Waals surface area contributed by atoms with Crippen LogP contribution in [0.1, 0.15) is 70.4 Å². The summed E-state index contributed by atoms with van der Waals surface area (Å²) in [6, 6.07) is 5.70. The van der Waals surface area contributed by atoms with Crippen LogP contribution in [-0.2, 0) is 16.0 Å². The monoisotopic (exact) mass is 601 g/mol. The third kappa shape index (κ3) is 7.36. The molecule has 0 aliphatic carbocycles. The first-order valence-electron chi connectivity index (χ1n) is 14.0. The van der Waals surface area contributed by atoms with E-state index in [9.17, 15) is 14.3 Å². The van der Waals surface area contributed by atoms with E-state index in [1.165, 1.54) is 24.4 Å². The first kappa shape index (κ1) is 31.6. The zero-order chi connectivity index (χ0) is 30.8.